The third kappa shape index (κ3) is 2.72. The largest absolute Gasteiger partial charge is 0.242 e. The molecule has 0 spiro atoms. The fourth-order valence-electron chi connectivity index (χ4n) is 0.995. The highest BCUT2D eigenvalue weighted by Crippen LogP contribution is 2.21. The molecule has 0 fully saturated rings. The van der Waals surface area contributed by atoms with E-state index in [-0.39, 0.29) is 12.1 Å². The number of nitrogens with zero attached hydrogens (tertiary/aromatic N) is 3. The molecule has 0 unspecified atom stereocenters. The van der Waals surface area contributed by atoms with Gasteiger partial charge in [0.15, 0.2) is 0 Å². The van der Waals surface area contributed by atoms with E-state index in [1.807, 2.05) is 0 Å². The second-order valence-electron chi connectivity index (χ2n) is 2.41. The Balaban J connectivity index is 2.97. The van der Waals surface area contributed by atoms with Crippen LogP contribution in [0.25, 0.3) is 10.4 Å². The molecule has 0 radical (unpaired) electrons. The first kappa shape index (κ1) is 9.48. The molecule has 0 bridgehead atoms. The van der Waals surface area contributed by atoms with E-state index in [0.717, 1.165) is 0 Å². The number of azide groups is 1. The van der Waals surface area contributed by atoms with Gasteiger partial charge in [-0.2, -0.15) is 0 Å². The number of rotatable bonds is 3. The van der Waals surface area contributed by atoms with Gasteiger partial charge in [0.05, 0.1) is 0 Å². The zero-order valence-electron chi connectivity index (χ0n) is 6.69. The van der Waals surface area contributed by atoms with E-state index in [0.29, 0.717) is 5.56 Å². The molecule has 1 rings (SSSR count). The summed E-state index contributed by atoms with van der Waals surface area (Å²) in [5.41, 5.74) is 8.79. The van der Waals surface area contributed by atoms with Crippen LogP contribution >= 0.6 is 0 Å². The quantitative estimate of drug-likeness (QED) is 0.391. The molecule has 0 saturated carbocycles. The summed E-state index contributed by atoms with van der Waals surface area (Å²) in [7, 11) is 0. The number of halogens is 2. The predicted molar refractivity (Wildman–Crippen MR) is 45.0 cm³/mol. The lowest BCUT2D eigenvalue weighted by molar-refractivity contribution is 0.149. The molecule has 0 amide bonds. The van der Waals surface area contributed by atoms with Crippen LogP contribution < -0.4 is 0 Å². The zero-order chi connectivity index (χ0) is 9.68. The van der Waals surface area contributed by atoms with Gasteiger partial charge >= 0.3 is 0 Å². The summed E-state index contributed by atoms with van der Waals surface area (Å²) in [4.78, 5) is 2.55. The molecule has 13 heavy (non-hydrogen) atoms. The smallest absolute Gasteiger partial charge is 0.210 e. The minimum absolute atomic E-state index is 0.269. The Bertz CT molecular complexity index is 332. The standard InChI is InChI=1S/C8H7F2N3/c9-8(10)5-6-3-1-2-4-7(6)12-13-11/h1-4,8H,5H2. The van der Waals surface area contributed by atoms with Gasteiger partial charge in [-0.3, -0.25) is 0 Å². The van der Waals surface area contributed by atoms with Gasteiger partial charge in [-0.25, -0.2) is 8.78 Å². The van der Waals surface area contributed by atoms with E-state index in [2.05, 4.69) is 10.0 Å². The summed E-state index contributed by atoms with van der Waals surface area (Å²) in [6, 6.07) is 6.31. The minimum Gasteiger partial charge on any atom is -0.210 e. The van der Waals surface area contributed by atoms with Crippen LogP contribution in [0.5, 0.6) is 0 Å². The summed E-state index contributed by atoms with van der Waals surface area (Å²) in [5, 5.41) is 3.31. The summed E-state index contributed by atoms with van der Waals surface area (Å²) in [6.07, 6.45) is -2.80. The Morgan fingerprint density at radius 1 is 1.38 bits per heavy atom. The van der Waals surface area contributed by atoms with Crippen LogP contribution in [0.15, 0.2) is 29.4 Å². The highest BCUT2D eigenvalue weighted by atomic mass is 19.3. The fraction of sp³-hybridized carbons (Fsp3) is 0.250. The van der Waals surface area contributed by atoms with Crippen LogP contribution in [-0.4, -0.2) is 6.43 Å². The molecule has 0 saturated heterocycles. The average Bonchev–Trinajstić information content (AvgIpc) is 2.08. The van der Waals surface area contributed by atoms with E-state index in [1.54, 1.807) is 12.1 Å². The molecular weight excluding hydrogens is 176 g/mol. The molecule has 0 N–H and O–H groups in total. The molecule has 0 aromatic heterocycles. The van der Waals surface area contributed by atoms with Gasteiger partial charge in [0.25, 0.3) is 0 Å². The maximum atomic E-state index is 12.0. The van der Waals surface area contributed by atoms with Gasteiger partial charge in [-0.1, -0.05) is 29.4 Å². The zero-order valence-corrected chi connectivity index (χ0v) is 6.69. The van der Waals surface area contributed by atoms with Crippen LogP contribution in [0.4, 0.5) is 14.5 Å². The Kier molecular flexibility index (Phi) is 3.23. The maximum Gasteiger partial charge on any atom is 0.242 e. The van der Waals surface area contributed by atoms with Crippen molar-refractivity contribution in [2.45, 2.75) is 12.8 Å². The second-order valence-corrected chi connectivity index (χ2v) is 2.41. The monoisotopic (exact) mass is 183 g/mol. The molecule has 1 aromatic carbocycles. The van der Waals surface area contributed by atoms with Gasteiger partial charge in [0, 0.05) is 17.0 Å². The van der Waals surface area contributed by atoms with Crippen molar-refractivity contribution in [3.05, 3.63) is 40.3 Å². The minimum atomic E-state index is -2.42. The van der Waals surface area contributed by atoms with Gasteiger partial charge in [0.1, 0.15) is 0 Å². The highest BCUT2D eigenvalue weighted by Gasteiger charge is 2.06. The lowest BCUT2D eigenvalue weighted by Gasteiger charge is -2.02. The van der Waals surface area contributed by atoms with Crippen LogP contribution in [0.3, 0.4) is 0 Å². The number of hydrogen-bond acceptors (Lipinski definition) is 1. The first-order chi connectivity index (χ1) is 6.24. The van der Waals surface area contributed by atoms with Gasteiger partial charge in [-0.05, 0) is 11.1 Å². The van der Waals surface area contributed by atoms with Crippen molar-refractivity contribution in [3.63, 3.8) is 0 Å². The Hall–Kier alpha value is -1.61. The summed E-state index contributed by atoms with van der Waals surface area (Å²) in [5.74, 6) is 0. The van der Waals surface area contributed by atoms with Crippen LogP contribution in [0, 0.1) is 0 Å². The Morgan fingerprint density at radius 3 is 2.69 bits per heavy atom. The Morgan fingerprint density at radius 2 is 2.08 bits per heavy atom. The third-order valence-corrected chi connectivity index (χ3v) is 1.52. The van der Waals surface area contributed by atoms with Crippen molar-refractivity contribution in [3.8, 4) is 0 Å². The molecule has 1 aromatic rings. The van der Waals surface area contributed by atoms with E-state index in [9.17, 15) is 8.78 Å². The topological polar surface area (TPSA) is 48.8 Å². The lowest BCUT2D eigenvalue weighted by Crippen LogP contribution is -1.96. The van der Waals surface area contributed by atoms with Gasteiger partial charge in [0.2, 0.25) is 6.43 Å². The average molecular weight is 183 g/mol. The van der Waals surface area contributed by atoms with Crippen LogP contribution in [0.2, 0.25) is 0 Å². The first-order valence-electron chi connectivity index (χ1n) is 3.65. The molecule has 68 valence electrons. The van der Waals surface area contributed by atoms with E-state index in [1.165, 1.54) is 12.1 Å². The van der Waals surface area contributed by atoms with Crippen molar-refractivity contribution in [1.82, 2.24) is 0 Å². The predicted octanol–water partition coefficient (Wildman–Crippen LogP) is 3.44. The summed E-state index contributed by atoms with van der Waals surface area (Å²) in [6.45, 7) is 0. The first-order valence-corrected chi connectivity index (χ1v) is 3.65. The molecule has 0 aliphatic carbocycles. The second kappa shape index (κ2) is 4.42. The molecule has 0 heterocycles. The number of benzene rings is 1. The highest BCUT2D eigenvalue weighted by molar-refractivity contribution is 5.45. The van der Waals surface area contributed by atoms with Crippen molar-refractivity contribution in [2.24, 2.45) is 5.11 Å². The molecule has 0 atom stereocenters. The van der Waals surface area contributed by atoms with Gasteiger partial charge in [-0.15, -0.1) is 0 Å². The van der Waals surface area contributed by atoms with Gasteiger partial charge < -0.3 is 0 Å². The molecule has 0 aliphatic heterocycles. The van der Waals surface area contributed by atoms with Crippen molar-refractivity contribution in [1.29, 1.82) is 0 Å². The molecule has 0 aliphatic rings. The van der Waals surface area contributed by atoms with E-state index in [4.69, 9.17) is 5.53 Å². The molecule has 3 nitrogen and oxygen atoms in total. The fourth-order valence-corrected chi connectivity index (χ4v) is 0.995. The normalized spacial score (nSPS) is 9.77. The summed E-state index contributed by atoms with van der Waals surface area (Å²) < 4.78 is 24.0. The maximum absolute atomic E-state index is 12.0. The SMILES string of the molecule is [N-]=[N+]=Nc1ccccc1CC(F)F. The lowest BCUT2D eigenvalue weighted by atomic mass is 10.1. The molecular formula is C8H7F2N3. The summed E-state index contributed by atoms with van der Waals surface area (Å²) >= 11 is 0. The Labute approximate surface area is 73.6 Å². The number of hydrogen-bond donors (Lipinski definition) is 0. The number of alkyl halides is 2. The van der Waals surface area contributed by atoms with Crippen molar-refractivity contribution in [2.75, 3.05) is 0 Å². The van der Waals surface area contributed by atoms with Crippen LogP contribution in [-0.2, 0) is 6.42 Å². The van der Waals surface area contributed by atoms with E-state index < -0.39 is 6.43 Å². The van der Waals surface area contributed by atoms with Crippen molar-refractivity contribution < 1.29 is 8.78 Å². The van der Waals surface area contributed by atoms with Crippen molar-refractivity contribution >= 4 is 5.69 Å². The third-order valence-electron chi connectivity index (χ3n) is 1.52. The van der Waals surface area contributed by atoms with Crippen LogP contribution in [0.1, 0.15) is 5.56 Å². The molecule has 5 heteroatoms. The van der Waals surface area contributed by atoms with E-state index >= 15 is 0 Å².